The van der Waals surface area contributed by atoms with Crippen LogP contribution in [0.4, 0.5) is 26.3 Å². The van der Waals surface area contributed by atoms with Crippen LogP contribution in [0.25, 0.3) is 22.9 Å². The average molecular weight is 654 g/mol. The number of rotatable bonds is 4. The van der Waals surface area contributed by atoms with Crippen molar-refractivity contribution in [3.8, 4) is 22.9 Å². The van der Waals surface area contributed by atoms with Gasteiger partial charge in [-0.1, -0.05) is 18.6 Å². The molecule has 0 spiro atoms. The van der Waals surface area contributed by atoms with E-state index in [1.165, 1.54) is 0 Å². The third kappa shape index (κ3) is 6.63. The Balaban J connectivity index is 0.000000595. The van der Waals surface area contributed by atoms with Crippen molar-refractivity contribution >= 4 is 0 Å². The Hall–Kier alpha value is -2.27. The van der Waals surface area contributed by atoms with Crippen LogP contribution in [-0.2, 0) is 20.1 Å². The minimum absolute atomic E-state index is 0. The molecular formula is C21H19F6IrN2O3-. The SMILES string of the molecule is CC(O)CC(C)O.Cc1c(F)c(F)[c-]c(-c2nnc(-c3cc(F)c(F)c(C)c3F)o2)c1F.[Ir]. The Labute approximate surface area is 198 Å². The van der Waals surface area contributed by atoms with E-state index in [-0.39, 0.29) is 32.3 Å². The summed E-state index contributed by atoms with van der Waals surface area (Å²) in [5.41, 5.74) is -2.48. The molecule has 12 heteroatoms. The van der Waals surface area contributed by atoms with Crippen molar-refractivity contribution in [2.45, 2.75) is 46.3 Å². The van der Waals surface area contributed by atoms with E-state index >= 15 is 0 Å². The van der Waals surface area contributed by atoms with Crippen LogP contribution in [0.15, 0.2) is 10.5 Å². The van der Waals surface area contributed by atoms with E-state index in [4.69, 9.17) is 14.6 Å². The van der Waals surface area contributed by atoms with Crippen LogP contribution in [0, 0.1) is 54.8 Å². The minimum atomic E-state index is -1.47. The molecule has 0 bridgehead atoms. The molecule has 1 radical (unpaired) electrons. The van der Waals surface area contributed by atoms with Gasteiger partial charge < -0.3 is 14.6 Å². The molecule has 33 heavy (non-hydrogen) atoms. The van der Waals surface area contributed by atoms with Gasteiger partial charge in [0, 0.05) is 31.5 Å². The number of aromatic nitrogens is 2. The fourth-order valence-electron chi connectivity index (χ4n) is 2.63. The zero-order valence-electron chi connectivity index (χ0n) is 17.7. The molecule has 0 saturated heterocycles. The quantitative estimate of drug-likeness (QED) is 0.241. The molecule has 3 aromatic rings. The van der Waals surface area contributed by atoms with Gasteiger partial charge in [0.05, 0.1) is 29.4 Å². The van der Waals surface area contributed by atoms with Crippen molar-refractivity contribution in [3.05, 3.63) is 58.2 Å². The maximum absolute atomic E-state index is 14.1. The van der Waals surface area contributed by atoms with E-state index in [1.54, 1.807) is 19.9 Å². The predicted molar refractivity (Wildman–Crippen MR) is 101 cm³/mol. The van der Waals surface area contributed by atoms with Crippen LogP contribution in [0.3, 0.4) is 0 Å². The molecule has 0 aliphatic carbocycles. The molecule has 1 aromatic heterocycles. The second-order valence-electron chi connectivity index (χ2n) is 7.07. The average Bonchev–Trinajstić information content (AvgIpc) is 3.19. The van der Waals surface area contributed by atoms with Gasteiger partial charge >= 0.3 is 0 Å². The van der Waals surface area contributed by atoms with Crippen LogP contribution in [-0.4, -0.2) is 32.6 Å². The molecule has 2 aromatic carbocycles. The summed E-state index contributed by atoms with van der Waals surface area (Å²) < 4.78 is 86.6. The number of aliphatic hydroxyl groups is 2. The summed E-state index contributed by atoms with van der Waals surface area (Å²) in [4.78, 5) is 0. The van der Waals surface area contributed by atoms with Crippen molar-refractivity contribution in [1.29, 1.82) is 0 Å². The summed E-state index contributed by atoms with van der Waals surface area (Å²) in [5, 5.41) is 23.9. The molecule has 0 aliphatic heterocycles. The summed E-state index contributed by atoms with van der Waals surface area (Å²) in [6.07, 6.45) is -0.278. The van der Waals surface area contributed by atoms with Gasteiger partial charge in [-0.3, -0.25) is 8.78 Å². The van der Waals surface area contributed by atoms with Gasteiger partial charge in [0.25, 0.3) is 0 Å². The zero-order chi connectivity index (χ0) is 24.3. The molecule has 0 amide bonds. The Bertz CT molecular complexity index is 1040. The molecule has 1 heterocycles. The first kappa shape index (κ1) is 28.8. The predicted octanol–water partition coefficient (Wildman–Crippen LogP) is 4.79. The normalized spacial score (nSPS) is 12.5. The van der Waals surface area contributed by atoms with Gasteiger partial charge in [0.15, 0.2) is 17.5 Å². The van der Waals surface area contributed by atoms with E-state index in [0.717, 1.165) is 13.8 Å². The Kier molecular flexibility index (Phi) is 10.2. The molecule has 2 N–H and O–H groups in total. The molecule has 0 fully saturated rings. The second kappa shape index (κ2) is 11.7. The zero-order valence-corrected chi connectivity index (χ0v) is 20.1. The number of aliphatic hydroxyl groups excluding tert-OH is 2. The van der Waals surface area contributed by atoms with Crippen LogP contribution in [0.2, 0.25) is 0 Å². The first-order valence-electron chi connectivity index (χ1n) is 9.25. The fraction of sp³-hybridized carbons (Fsp3) is 0.333. The minimum Gasteiger partial charge on any atom is -0.464 e. The van der Waals surface area contributed by atoms with Crippen LogP contribution in [0.1, 0.15) is 31.4 Å². The van der Waals surface area contributed by atoms with E-state index in [0.29, 0.717) is 12.5 Å². The Morgan fingerprint density at radius 1 is 0.848 bits per heavy atom. The fourth-order valence-corrected chi connectivity index (χ4v) is 2.63. The van der Waals surface area contributed by atoms with Gasteiger partial charge in [-0.2, -0.15) is 5.10 Å². The summed E-state index contributed by atoms with van der Waals surface area (Å²) in [6, 6.07) is 2.26. The van der Waals surface area contributed by atoms with Crippen molar-refractivity contribution in [1.82, 2.24) is 10.2 Å². The standard InChI is InChI=1S/C16H7F6N2O.C5H12O2.Ir/c1-5-11(19)7(3-9(17)13(5)21)15-23-24-16(25-15)8-4-10(18)14(22)6(2)12(8)20;1-4(6)3-5(2)7;/h3H,1-2H3;4-7H,3H2,1-2H3;/q-1;;. The maximum Gasteiger partial charge on any atom is 0.240 e. The van der Waals surface area contributed by atoms with Crippen LogP contribution < -0.4 is 0 Å². The number of nitrogens with zero attached hydrogens (tertiary/aromatic N) is 2. The van der Waals surface area contributed by atoms with E-state index in [2.05, 4.69) is 10.2 Å². The van der Waals surface area contributed by atoms with Gasteiger partial charge in [-0.25, -0.2) is 17.6 Å². The van der Waals surface area contributed by atoms with Crippen molar-refractivity contribution in [2.75, 3.05) is 0 Å². The Morgan fingerprint density at radius 3 is 1.88 bits per heavy atom. The third-order valence-corrected chi connectivity index (χ3v) is 4.23. The number of hydrogen-bond donors (Lipinski definition) is 2. The van der Waals surface area contributed by atoms with E-state index in [1.807, 2.05) is 0 Å². The van der Waals surface area contributed by atoms with Gasteiger partial charge in [0.1, 0.15) is 5.82 Å². The molecule has 2 unspecified atom stereocenters. The maximum atomic E-state index is 14.1. The van der Waals surface area contributed by atoms with E-state index < -0.39 is 68.9 Å². The third-order valence-electron chi connectivity index (χ3n) is 4.23. The summed E-state index contributed by atoms with van der Waals surface area (Å²) >= 11 is 0. The molecule has 0 saturated carbocycles. The van der Waals surface area contributed by atoms with Gasteiger partial charge in [-0.15, -0.1) is 5.10 Å². The first-order valence-corrected chi connectivity index (χ1v) is 9.25. The summed E-state index contributed by atoms with van der Waals surface area (Å²) in [5.74, 6) is -9.20. The van der Waals surface area contributed by atoms with Crippen molar-refractivity contribution in [3.63, 3.8) is 0 Å². The topological polar surface area (TPSA) is 79.4 Å². The summed E-state index contributed by atoms with van der Waals surface area (Å²) in [6.45, 7) is 5.31. The van der Waals surface area contributed by atoms with E-state index in [9.17, 15) is 26.3 Å². The molecule has 183 valence electrons. The van der Waals surface area contributed by atoms with Crippen molar-refractivity contribution in [2.24, 2.45) is 0 Å². The molecule has 2 atom stereocenters. The molecule has 3 rings (SSSR count). The largest absolute Gasteiger partial charge is 0.464 e. The smallest absolute Gasteiger partial charge is 0.240 e. The van der Waals surface area contributed by atoms with Gasteiger partial charge in [-0.05, 0) is 38.8 Å². The van der Waals surface area contributed by atoms with Crippen LogP contribution in [0.5, 0.6) is 0 Å². The molecule has 5 nitrogen and oxygen atoms in total. The van der Waals surface area contributed by atoms with Crippen molar-refractivity contribution < 1.29 is 61.1 Å². The Morgan fingerprint density at radius 2 is 1.36 bits per heavy atom. The monoisotopic (exact) mass is 654 g/mol. The number of benzene rings is 2. The molecular weight excluding hydrogens is 634 g/mol. The first-order chi connectivity index (χ1) is 14.8. The number of halogens is 6. The number of hydrogen-bond acceptors (Lipinski definition) is 5. The molecule has 0 aliphatic rings. The van der Waals surface area contributed by atoms with Crippen LogP contribution >= 0.6 is 0 Å². The van der Waals surface area contributed by atoms with Gasteiger partial charge in [0.2, 0.25) is 5.89 Å². The summed E-state index contributed by atoms with van der Waals surface area (Å²) in [7, 11) is 0. The second-order valence-corrected chi connectivity index (χ2v) is 7.07.